The van der Waals surface area contributed by atoms with Crippen molar-refractivity contribution < 1.29 is 9.53 Å². The SMILES string of the molecule is COc1ccccc1C(=O)NC(C)(CN)C1CC1. The quantitative estimate of drug-likeness (QED) is 0.831. The molecule has 0 aliphatic heterocycles. The van der Waals surface area contributed by atoms with Gasteiger partial charge < -0.3 is 15.8 Å². The molecule has 1 aromatic carbocycles. The van der Waals surface area contributed by atoms with Crippen LogP contribution in [-0.2, 0) is 0 Å². The summed E-state index contributed by atoms with van der Waals surface area (Å²) in [6.07, 6.45) is 2.28. The van der Waals surface area contributed by atoms with Gasteiger partial charge >= 0.3 is 0 Å². The number of benzene rings is 1. The van der Waals surface area contributed by atoms with E-state index in [1.54, 1.807) is 19.2 Å². The molecule has 1 amide bonds. The van der Waals surface area contributed by atoms with Gasteiger partial charge in [-0.25, -0.2) is 0 Å². The molecule has 0 heterocycles. The van der Waals surface area contributed by atoms with E-state index >= 15 is 0 Å². The molecule has 2 rings (SSSR count). The Hall–Kier alpha value is -1.55. The van der Waals surface area contributed by atoms with E-state index in [-0.39, 0.29) is 11.4 Å². The van der Waals surface area contributed by atoms with Gasteiger partial charge in [0.05, 0.1) is 18.2 Å². The standard InChI is InChI=1S/C14H20N2O2/c1-14(9-15,10-7-8-10)16-13(17)11-5-3-4-6-12(11)18-2/h3-6,10H,7-9,15H2,1-2H3,(H,16,17). The predicted molar refractivity (Wildman–Crippen MR) is 70.6 cm³/mol. The zero-order valence-electron chi connectivity index (χ0n) is 10.9. The van der Waals surface area contributed by atoms with Crippen molar-refractivity contribution in [2.45, 2.75) is 25.3 Å². The molecular formula is C14H20N2O2. The zero-order chi connectivity index (χ0) is 13.2. The number of rotatable bonds is 5. The summed E-state index contributed by atoms with van der Waals surface area (Å²) in [5.41, 5.74) is 6.05. The van der Waals surface area contributed by atoms with Crippen molar-refractivity contribution in [3.63, 3.8) is 0 Å². The number of carbonyl (C=O) groups excluding carboxylic acids is 1. The highest BCUT2D eigenvalue weighted by molar-refractivity contribution is 5.97. The van der Waals surface area contributed by atoms with Gasteiger partial charge in [0, 0.05) is 6.54 Å². The first kappa shape index (κ1) is 12.9. The van der Waals surface area contributed by atoms with E-state index in [0.717, 1.165) is 12.8 Å². The highest BCUT2D eigenvalue weighted by Gasteiger charge is 2.41. The zero-order valence-corrected chi connectivity index (χ0v) is 10.9. The minimum atomic E-state index is -0.308. The third-order valence-corrected chi connectivity index (χ3v) is 3.65. The number of hydrogen-bond acceptors (Lipinski definition) is 3. The van der Waals surface area contributed by atoms with Crippen LogP contribution in [0.25, 0.3) is 0 Å². The van der Waals surface area contributed by atoms with Gasteiger partial charge in [-0.1, -0.05) is 12.1 Å². The van der Waals surface area contributed by atoms with E-state index < -0.39 is 0 Å². The van der Waals surface area contributed by atoms with E-state index in [1.165, 1.54) is 0 Å². The summed E-state index contributed by atoms with van der Waals surface area (Å²) in [6, 6.07) is 7.22. The van der Waals surface area contributed by atoms with Crippen molar-refractivity contribution in [2.75, 3.05) is 13.7 Å². The molecular weight excluding hydrogens is 228 g/mol. The summed E-state index contributed by atoms with van der Waals surface area (Å²) in [7, 11) is 1.56. The molecule has 1 unspecified atom stereocenters. The fraction of sp³-hybridized carbons (Fsp3) is 0.500. The molecule has 0 spiro atoms. The van der Waals surface area contributed by atoms with Gasteiger partial charge in [-0.2, -0.15) is 0 Å². The number of methoxy groups -OCH3 is 1. The van der Waals surface area contributed by atoms with Crippen molar-refractivity contribution in [1.82, 2.24) is 5.32 Å². The molecule has 4 heteroatoms. The molecule has 1 saturated carbocycles. The number of amides is 1. The first-order valence-electron chi connectivity index (χ1n) is 6.26. The van der Waals surface area contributed by atoms with E-state index in [9.17, 15) is 4.79 Å². The van der Waals surface area contributed by atoms with Crippen molar-refractivity contribution in [3.8, 4) is 5.75 Å². The molecule has 1 atom stereocenters. The molecule has 1 aromatic rings. The minimum absolute atomic E-state index is 0.118. The van der Waals surface area contributed by atoms with Gasteiger partial charge in [0.1, 0.15) is 5.75 Å². The Bertz CT molecular complexity index is 443. The Kier molecular flexibility index (Phi) is 3.57. The molecule has 1 aliphatic carbocycles. The van der Waals surface area contributed by atoms with Gasteiger partial charge in [0.2, 0.25) is 0 Å². The lowest BCUT2D eigenvalue weighted by atomic mass is 9.95. The number of ether oxygens (including phenoxy) is 1. The molecule has 18 heavy (non-hydrogen) atoms. The molecule has 4 nitrogen and oxygen atoms in total. The van der Waals surface area contributed by atoms with Gasteiger partial charge in [0.15, 0.2) is 0 Å². The van der Waals surface area contributed by atoms with Crippen LogP contribution in [0.5, 0.6) is 5.75 Å². The fourth-order valence-electron chi connectivity index (χ4n) is 2.20. The Morgan fingerprint density at radius 1 is 1.50 bits per heavy atom. The summed E-state index contributed by atoms with van der Waals surface area (Å²) in [6.45, 7) is 2.47. The van der Waals surface area contributed by atoms with Crippen LogP contribution in [0, 0.1) is 5.92 Å². The Morgan fingerprint density at radius 2 is 2.17 bits per heavy atom. The summed E-state index contributed by atoms with van der Waals surface area (Å²) in [4.78, 5) is 12.3. The van der Waals surface area contributed by atoms with E-state index in [4.69, 9.17) is 10.5 Å². The predicted octanol–water partition coefficient (Wildman–Crippen LogP) is 1.55. The molecule has 0 bridgehead atoms. The summed E-state index contributed by atoms with van der Waals surface area (Å²) < 4.78 is 5.20. The third kappa shape index (κ3) is 2.48. The maximum absolute atomic E-state index is 12.3. The Morgan fingerprint density at radius 3 is 2.72 bits per heavy atom. The van der Waals surface area contributed by atoms with E-state index in [0.29, 0.717) is 23.8 Å². The lowest BCUT2D eigenvalue weighted by Gasteiger charge is -2.29. The van der Waals surface area contributed by atoms with Crippen LogP contribution < -0.4 is 15.8 Å². The number of hydrogen-bond donors (Lipinski definition) is 2. The van der Waals surface area contributed by atoms with Crippen LogP contribution in [0.3, 0.4) is 0 Å². The normalized spacial score (nSPS) is 17.9. The molecule has 1 aliphatic rings. The van der Waals surface area contributed by atoms with Crippen LogP contribution in [0.15, 0.2) is 24.3 Å². The second kappa shape index (κ2) is 4.98. The fourth-order valence-corrected chi connectivity index (χ4v) is 2.20. The second-order valence-corrected chi connectivity index (χ2v) is 5.05. The van der Waals surface area contributed by atoms with E-state index in [1.807, 2.05) is 19.1 Å². The van der Waals surface area contributed by atoms with Gasteiger partial charge in [-0.15, -0.1) is 0 Å². The number of nitrogens with one attached hydrogen (secondary N) is 1. The maximum Gasteiger partial charge on any atom is 0.255 e. The van der Waals surface area contributed by atoms with E-state index in [2.05, 4.69) is 5.32 Å². The van der Waals surface area contributed by atoms with Crippen molar-refractivity contribution in [2.24, 2.45) is 11.7 Å². The van der Waals surface area contributed by atoms with Crippen LogP contribution in [0.4, 0.5) is 0 Å². The number of para-hydroxylation sites is 1. The maximum atomic E-state index is 12.3. The first-order valence-corrected chi connectivity index (χ1v) is 6.26. The van der Waals surface area contributed by atoms with Gasteiger partial charge in [0.25, 0.3) is 5.91 Å². The topological polar surface area (TPSA) is 64.3 Å². The summed E-state index contributed by atoms with van der Waals surface area (Å²) in [5.74, 6) is 0.971. The highest BCUT2D eigenvalue weighted by atomic mass is 16.5. The van der Waals surface area contributed by atoms with Crippen LogP contribution >= 0.6 is 0 Å². The van der Waals surface area contributed by atoms with Crippen LogP contribution in [0.1, 0.15) is 30.1 Å². The van der Waals surface area contributed by atoms with Crippen molar-refractivity contribution in [3.05, 3.63) is 29.8 Å². The molecule has 0 aromatic heterocycles. The Balaban J connectivity index is 2.16. The smallest absolute Gasteiger partial charge is 0.255 e. The number of nitrogens with two attached hydrogens (primary N) is 1. The minimum Gasteiger partial charge on any atom is -0.496 e. The highest BCUT2D eigenvalue weighted by Crippen LogP contribution is 2.39. The number of carbonyl (C=O) groups is 1. The third-order valence-electron chi connectivity index (χ3n) is 3.65. The first-order chi connectivity index (χ1) is 8.60. The van der Waals surface area contributed by atoms with Crippen molar-refractivity contribution >= 4 is 5.91 Å². The molecule has 0 radical (unpaired) electrons. The lowest BCUT2D eigenvalue weighted by molar-refractivity contribution is 0.0894. The summed E-state index contributed by atoms with van der Waals surface area (Å²) >= 11 is 0. The molecule has 98 valence electrons. The van der Waals surface area contributed by atoms with Crippen molar-refractivity contribution in [1.29, 1.82) is 0 Å². The average molecular weight is 248 g/mol. The molecule has 0 saturated heterocycles. The Labute approximate surface area is 108 Å². The van der Waals surface area contributed by atoms with Crippen LogP contribution in [0.2, 0.25) is 0 Å². The molecule has 1 fully saturated rings. The molecule has 3 N–H and O–H groups in total. The largest absolute Gasteiger partial charge is 0.496 e. The van der Waals surface area contributed by atoms with Gasteiger partial charge in [-0.05, 0) is 37.8 Å². The monoisotopic (exact) mass is 248 g/mol. The van der Waals surface area contributed by atoms with Crippen LogP contribution in [-0.4, -0.2) is 25.1 Å². The summed E-state index contributed by atoms with van der Waals surface area (Å²) in [5, 5.41) is 3.05. The lowest BCUT2D eigenvalue weighted by Crippen LogP contribution is -2.53. The second-order valence-electron chi connectivity index (χ2n) is 5.05. The average Bonchev–Trinajstić information content (AvgIpc) is 3.23. The van der Waals surface area contributed by atoms with Gasteiger partial charge in [-0.3, -0.25) is 4.79 Å².